The second-order valence-corrected chi connectivity index (χ2v) is 8.18. The van der Waals surface area contributed by atoms with Crippen LogP contribution in [0.3, 0.4) is 0 Å². The highest BCUT2D eigenvalue weighted by atomic mass is 35.5. The summed E-state index contributed by atoms with van der Waals surface area (Å²) >= 11 is 5.92. The first-order chi connectivity index (χ1) is 14.2. The van der Waals surface area contributed by atoms with E-state index in [2.05, 4.69) is 10.9 Å². The summed E-state index contributed by atoms with van der Waals surface area (Å²) in [6.07, 6.45) is 6.91. The molecule has 1 fully saturated rings. The summed E-state index contributed by atoms with van der Waals surface area (Å²) < 4.78 is 0. The van der Waals surface area contributed by atoms with Crippen LogP contribution in [0, 0.1) is 32.1 Å². The average molecular weight is 423 g/mol. The zero-order valence-corrected chi connectivity index (χ0v) is 18.0. The molecule has 2 unspecified atom stereocenters. The van der Waals surface area contributed by atoms with Gasteiger partial charge in [-0.2, -0.15) is 0 Å². The molecule has 154 valence electrons. The number of amides is 1. The van der Waals surface area contributed by atoms with Gasteiger partial charge in [0.25, 0.3) is 0 Å². The summed E-state index contributed by atoms with van der Waals surface area (Å²) in [5.74, 6) is 0.423. The number of aromatic nitrogens is 1. The summed E-state index contributed by atoms with van der Waals surface area (Å²) in [6, 6.07) is 7.46. The van der Waals surface area contributed by atoms with Gasteiger partial charge in [0.2, 0.25) is 5.91 Å². The Labute approximate surface area is 181 Å². The fourth-order valence-electron chi connectivity index (χ4n) is 4.05. The Kier molecular flexibility index (Phi) is 6.38. The van der Waals surface area contributed by atoms with Crippen molar-refractivity contribution >= 4 is 29.1 Å². The highest BCUT2D eigenvalue weighted by molar-refractivity contribution is 6.30. The summed E-state index contributed by atoms with van der Waals surface area (Å²) in [6.45, 7) is 3.96. The normalized spacial score (nSPS) is 18.4. The van der Waals surface area contributed by atoms with Crippen LogP contribution in [-0.2, 0) is 14.4 Å². The van der Waals surface area contributed by atoms with E-state index in [1.807, 2.05) is 32.0 Å². The van der Waals surface area contributed by atoms with E-state index in [0.29, 0.717) is 5.02 Å². The Balaban J connectivity index is 1.87. The Morgan fingerprint density at radius 2 is 1.93 bits per heavy atom. The van der Waals surface area contributed by atoms with E-state index in [4.69, 9.17) is 18.0 Å². The van der Waals surface area contributed by atoms with Gasteiger partial charge in [0.05, 0.1) is 17.3 Å². The number of carbonyl (C=O) groups is 3. The number of hydrogen-bond donors (Lipinski definition) is 0. The number of Topliss-reactive ketones (excluding diaryl/α,β-unsaturated/α-hetero) is 2. The van der Waals surface area contributed by atoms with Crippen LogP contribution in [-0.4, -0.2) is 40.9 Å². The highest BCUT2D eigenvalue weighted by Gasteiger charge is 2.44. The lowest BCUT2D eigenvalue weighted by Gasteiger charge is -2.18. The topological polar surface area (TPSA) is 67.3 Å². The Bertz CT molecular complexity index is 1030. The van der Waals surface area contributed by atoms with Crippen molar-refractivity contribution in [1.29, 1.82) is 0 Å². The number of benzene rings is 1. The number of terminal acetylenes is 1. The van der Waals surface area contributed by atoms with Gasteiger partial charge < -0.3 is 4.90 Å². The number of hydrogen-bond acceptors (Lipinski definition) is 4. The van der Waals surface area contributed by atoms with Crippen LogP contribution in [0.4, 0.5) is 0 Å². The molecule has 1 amide bonds. The van der Waals surface area contributed by atoms with Crippen molar-refractivity contribution in [3.63, 3.8) is 0 Å². The largest absolute Gasteiger partial charge is 0.335 e. The molecule has 0 aliphatic heterocycles. The first-order valence-corrected chi connectivity index (χ1v) is 10.1. The van der Waals surface area contributed by atoms with E-state index in [0.717, 1.165) is 27.9 Å². The molecule has 0 radical (unpaired) electrons. The molecule has 1 heterocycles. The predicted molar refractivity (Wildman–Crippen MR) is 116 cm³/mol. The minimum atomic E-state index is -0.826. The maximum absolute atomic E-state index is 13.1. The molecule has 1 aromatic heterocycles. The standard InChI is InChI=1S/C24H23ClN2O3/c1-5-8-27(4)21(29)12-17-11-20(28)23(24(17)30)22-14(2)9-16(10-15(22)3)19-7-6-18(25)13-26-19/h1,6-7,9-10,13,17,23H,8,11-12H2,2-4H3. The third-order valence-corrected chi connectivity index (χ3v) is 5.76. The van der Waals surface area contributed by atoms with Gasteiger partial charge in [0, 0.05) is 37.6 Å². The molecular formula is C24H23ClN2O3. The van der Waals surface area contributed by atoms with Crippen LogP contribution < -0.4 is 0 Å². The summed E-state index contributed by atoms with van der Waals surface area (Å²) in [5, 5.41) is 0.555. The van der Waals surface area contributed by atoms with Crippen molar-refractivity contribution in [3.05, 3.63) is 52.2 Å². The van der Waals surface area contributed by atoms with Gasteiger partial charge >= 0.3 is 0 Å². The number of carbonyl (C=O) groups excluding carboxylic acids is 3. The second kappa shape index (κ2) is 8.81. The van der Waals surface area contributed by atoms with Gasteiger partial charge in [-0.15, -0.1) is 6.42 Å². The van der Waals surface area contributed by atoms with Crippen molar-refractivity contribution in [2.24, 2.45) is 5.92 Å². The van der Waals surface area contributed by atoms with E-state index < -0.39 is 11.8 Å². The van der Waals surface area contributed by atoms with Crippen LogP contribution in [0.15, 0.2) is 30.5 Å². The number of nitrogens with zero attached hydrogens (tertiary/aromatic N) is 2. The van der Waals surface area contributed by atoms with Crippen molar-refractivity contribution in [2.75, 3.05) is 13.6 Å². The van der Waals surface area contributed by atoms with Gasteiger partial charge in [-0.25, -0.2) is 0 Å². The average Bonchev–Trinajstić information content (AvgIpc) is 2.96. The smallest absolute Gasteiger partial charge is 0.223 e. The van der Waals surface area contributed by atoms with E-state index in [1.165, 1.54) is 4.90 Å². The van der Waals surface area contributed by atoms with Crippen LogP contribution in [0.1, 0.15) is 35.4 Å². The number of rotatable bonds is 5. The minimum absolute atomic E-state index is 0.00409. The van der Waals surface area contributed by atoms with E-state index in [9.17, 15) is 14.4 Å². The molecule has 0 bridgehead atoms. The van der Waals surface area contributed by atoms with Gasteiger partial charge in [-0.05, 0) is 54.8 Å². The molecule has 1 aromatic carbocycles. The zero-order chi connectivity index (χ0) is 22.0. The fourth-order valence-corrected chi connectivity index (χ4v) is 4.16. The lowest BCUT2D eigenvalue weighted by molar-refractivity contribution is -0.133. The molecule has 2 aromatic rings. The van der Waals surface area contributed by atoms with E-state index >= 15 is 0 Å². The fraction of sp³-hybridized carbons (Fsp3) is 0.333. The summed E-state index contributed by atoms with van der Waals surface area (Å²) in [7, 11) is 1.60. The van der Waals surface area contributed by atoms with Gasteiger partial charge in [0.15, 0.2) is 5.78 Å². The maximum Gasteiger partial charge on any atom is 0.223 e. The third-order valence-electron chi connectivity index (χ3n) is 5.54. The SMILES string of the molecule is C#CCN(C)C(=O)CC1CC(=O)C(c2c(C)cc(-c3ccc(Cl)cn3)cc2C)C1=O. The second-order valence-electron chi connectivity index (χ2n) is 7.75. The Morgan fingerprint density at radius 3 is 2.50 bits per heavy atom. The van der Waals surface area contributed by atoms with E-state index in [-0.39, 0.29) is 36.9 Å². The van der Waals surface area contributed by atoms with Crippen LogP contribution in [0.2, 0.25) is 5.02 Å². The molecular weight excluding hydrogens is 400 g/mol. The molecule has 1 aliphatic rings. The molecule has 3 rings (SSSR count). The number of pyridine rings is 1. The van der Waals surface area contributed by atoms with Crippen LogP contribution in [0.25, 0.3) is 11.3 Å². The third kappa shape index (κ3) is 4.29. The molecule has 30 heavy (non-hydrogen) atoms. The zero-order valence-electron chi connectivity index (χ0n) is 17.2. The van der Waals surface area contributed by atoms with Crippen LogP contribution >= 0.6 is 11.6 Å². The molecule has 5 nitrogen and oxygen atoms in total. The maximum atomic E-state index is 13.1. The number of aryl methyl sites for hydroxylation is 2. The first-order valence-electron chi connectivity index (χ1n) is 9.69. The van der Waals surface area contributed by atoms with Gasteiger partial charge in [-0.3, -0.25) is 19.4 Å². The number of ketones is 2. The van der Waals surface area contributed by atoms with Crippen molar-refractivity contribution in [1.82, 2.24) is 9.88 Å². The Morgan fingerprint density at radius 1 is 1.27 bits per heavy atom. The molecule has 1 aliphatic carbocycles. The molecule has 1 saturated carbocycles. The van der Waals surface area contributed by atoms with Crippen molar-refractivity contribution < 1.29 is 14.4 Å². The lowest BCUT2D eigenvalue weighted by Crippen LogP contribution is -2.30. The Hall–Kier alpha value is -2.97. The highest BCUT2D eigenvalue weighted by Crippen LogP contribution is 2.38. The molecule has 0 saturated heterocycles. The first kappa shape index (κ1) is 21.7. The predicted octanol–water partition coefficient (Wildman–Crippen LogP) is 3.74. The summed E-state index contributed by atoms with van der Waals surface area (Å²) in [4.78, 5) is 43.9. The monoisotopic (exact) mass is 422 g/mol. The number of halogens is 1. The van der Waals surface area contributed by atoms with Gasteiger partial charge in [0.1, 0.15) is 11.7 Å². The molecule has 0 N–H and O–H groups in total. The minimum Gasteiger partial charge on any atom is -0.335 e. The van der Waals surface area contributed by atoms with Crippen LogP contribution in [0.5, 0.6) is 0 Å². The molecule has 0 spiro atoms. The molecule has 6 heteroatoms. The van der Waals surface area contributed by atoms with E-state index in [1.54, 1.807) is 19.3 Å². The summed E-state index contributed by atoms with van der Waals surface area (Å²) in [5.41, 5.74) is 4.09. The van der Waals surface area contributed by atoms with Crippen molar-refractivity contribution in [3.8, 4) is 23.6 Å². The quantitative estimate of drug-likeness (QED) is 0.543. The van der Waals surface area contributed by atoms with Gasteiger partial charge in [-0.1, -0.05) is 17.5 Å². The van der Waals surface area contributed by atoms with Crippen molar-refractivity contribution in [2.45, 2.75) is 32.6 Å². The lowest BCUT2D eigenvalue weighted by atomic mass is 9.85. The molecule has 2 atom stereocenters.